The molecule has 0 aliphatic heterocycles. The number of benzene rings is 3. The zero-order valence-electron chi connectivity index (χ0n) is 18.4. The van der Waals surface area contributed by atoms with E-state index in [4.69, 9.17) is 25.8 Å². The summed E-state index contributed by atoms with van der Waals surface area (Å²) in [5, 5.41) is 3.49. The first-order chi connectivity index (χ1) is 16.0. The highest BCUT2D eigenvalue weighted by atomic mass is 79.9. The van der Waals surface area contributed by atoms with Gasteiger partial charge in [0.1, 0.15) is 12.4 Å². The van der Waals surface area contributed by atoms with Crippen molar-refractivity contribution in [1.82, 2.24) is 0 Å². The van der Waals surface area contributed by atoms with Crippen molar-refractivity contribution in [1.29, 1.82) is 0 Å². The molecule has 3 aromatic rings. The third-order valence-electron chi connectivity index (χ3n) is 4.53. The van der Waals surface area contributed by atoms with Crippen LogP contribution in [0.5, 0.6) is 17.2 Å². The second-order valence-electron chi connectivity index (χ2n) is 6.89. The van der Waals surface area contributed by atoms with Gasteiger partial charge in [-0.1, -0.05) is 41.9 Å². The highest BCUT2D eigenvalue weighted by Crippen LogP contribution is 2.38. The molecule has 33 heavy (non-hydrogen) atoms. The lowest BCUT2D eigenvalue weighted by Crippen LogP contribution is -2.09. The van der Waals surface area contributed by atoms with Crippen molar-refractivity contribution in [2.75, 3.05) is 18.5 Å². The predicted octanol–water partition coefficient (Wildman–Crippen LogP) is 7.13. The van der Waals surface area contributed by atoms with Crippen LogP contribution in [0, 0.1) is 0 Å². The van der Waals surface area contributed by atoms with E-state index in [-0.39, 0.29) is 5.91 Å². The normalized spacial score (nSPS) is 10.8. The Morgan fingerprint density at radius 1 is 0.970 bits per heavy atom. The molecule has 3 rings (SSSR count). The first kappa shape index (κ1) is 24.7. The Kier molecular flexibility index (Phi) is 9.22. The van der Waals surface area contributed by atoms with Crippen molar-refractivity contribution < 1.29 is 19.0 Å². The SMILES string of the molecule is CCOc1ccccc1NC(=O)/C=C/c1cc(Br)c(OCc2ccccc2Cl)c(OCC)c1. The average molecular weight is 531 g/mol. The molecule has 172 valence electrons. The summed E-state index contributed by atoms with van der Waals surface area (Å²) in [6, 6.07) is 18.5. The quantitative estimate of drug-likeness (QED) is 0.283. The van der Waals surface area contributed by atoms with Crippen molar-refractivity contribution in [3.63, 3.8) is 0 Å². The van der Waals surface area contributed by atoms with Crippen LogP contribution in [0.1, 0.15) is 25.0 Å². The van der Waals surface area contributed by atoms with Crippen molar-refractivity contribution in [3.8, 4) is 17.2 Å². The summed E-state index contributed by atoms with van der Waals surface area (Å²) in [6.07, 6.45) is 3.17. The Labute approximate surface area is 207 Å². The first-order valence-electron chi connectivity index (χ1n) is 10.5. The van der Waals surface area contributed by atoms with Gasteiger partial charge in [0.25, 0.3) is 0 Å². The summed E-state index contributed by atoms with van der Waals surface area (Å²) in [4.78, 5) is 12.5. The molecule has 0 saturated heterocycles. The molecule has 0 atom stereocenters. The van der Waals surface area contributed by atoms with Crippen molar-refractivity contribution in [2.45, 2.75) is 20.5 Å². The minimum Gasteiger partial charge on any atom is -0.492 e. The fraction of sp³-hybridized carbons (Fsp3) is 0.192. The van der Waals surface area contributed by atoms with Crippen LogP contribution < -0.4 is 19.5 Å². The van der Waals surface area contributed by atoms with Gasteiger partial charge in [-0.25, -0.2) is 0 Å². The number of carbonyl (C=O) groups is 1. The number of para-hydroxylation sites is 2. The standard InChI is InChI=1S/C26H25BrClNO4/c1-3-31-23-12-8-7-11-22(23)29-25(30)14-13-18-15-20(27)26(24(16-18)32-4-2)33-17-19-9-5-6-10-21(19)28/h5-16H,3-4,17H2,1-2H3,(H,29,30)/b14-13+. The van der Waals surface area contributed by atoms with Crippen LogP contribution in [0.3, 0.4) is 0 Å². The maximum atomic E-state index is 12.5. The molecule has 0 aromatic heterocycles. The summed E-state index contributed by atoms with van der Waals surface area (Å²) in [5.41, 5.74) is 2.28. The Hall–Kier alpha value is -2.96. The third-order valence-corrected chi connectivity index (χ3v) is 5.49. The van der Waals surface area contributed by atoms with E-state index in [0.717, 1.165) is 11.1 Å². The van der Waals surface area contributed by atoms with Crippen LogP contribution in [-0.2, 0) is 11.4 Å². The van der Waals surface area contributed by atoms with Crippen LogP contribution in [0.4, 0.5) is 5.69 Å². The molecule has 5 nitrogen and oxygen atoms in total. The number of amides is 1. The Morgan fingerprint density at radius 3 is 2.42 bits per heavy atom. The van der Waals surface area contributed by atoms with Gasteiger partial charge in [-0.2, -0.15) is 0 Å². The molecule has 0 heterocycles. The number of rotatable bonds is 10. The molecule has 1 N–H and O–H groups in total. The minimum atomic E-state index is -0.268. The molecule has 0 fully saturated rings. The second-order valence-corrected chi connectivity index (χ2v) is 8.16. The molecule has 0 saturated carbocycles. The minimum absolute atomic E-state index is 0.268. The number of ether oxygens (including phenoxy) is 3. The molecule has 0 aliphatic carbocycles. The van der Waals surface area contributed by atoms with E-state index < -0.39 is 0 Å². The van der Waals surface area contributed by atoms with Gasteiger partial charge in [0, 0.05) is 16.7 Å². The van der Waals surface area contributed by atoms with E-state index in [1.807, 2.05) is 68.4 Å². The zero-order chi connectivity index (χ0) is 23.6. The van der Waals surface area contributed by atoms with E-state index >= 15 is 0 Å². The van der Waals surface area contributed by atoms with Gasteiger partial charge in [0.05, 0.1) is 23.4 Å². The second kappa shape index (κ2) is 12.3. The molecular formula is C26H25BrClNO4. The molecule has 0 unspecified atom stereocenters. The molecule has 1 amide bonds. The van der Waals surface area contributed by atoms with E-state index in [0.29, 0.717) is 52.3 Å². The number of nitrogens with one attached hydrogen (secondary N) is 1. The van der Waals surface area contributed by atoms with E-state index in [2.05, 4.69) is 21.2 Å². The van der Waals surface area contributed by atoms with Gasteiger partial charge in [-0.3, -0.25) is 4.79 Å². The van der Waals surface area contributed by atoms with Gasteiger partial charge < -0.3 is 19.5 Å². The number of hydrogen-bond donors (Lipinski definition) is 1. The van der Waals surface area contributed by atoms with Crippen LogP contribution in [0.15, 0.2) is 71.2 Å². The molecule has 0 radical (unpaired) electrons. The van der Waals surface area contributed by atoms with Gasteiger partial charge >= 0.3 is 0 Å². The summed E-state index contributed by atoms with van der Waals surface area (Å²) in [7, 11) is 0. The van der Waals surface area contributed by atoms with Crippen LogP contribution in [0.2, 0.25) is 5.02 Å². The lowest BCUT2D eigenvalue weighted by atomic mass is 10.1. The zero-order valence-corrected chi connectivity index (χ0v) is 20.8. The van der Waals surface area contributed by atoms with Crippen LogP contribution in [-0.4, -0.2) is 19.1 Å². The largest absolute Gasteiger partial charge is 0.492 e. The molecule has 7 heteroatoms. The fourth-order valence-electron chi connectivity index (χ4n) is 3.05. The van der Waals surface area contributed by atoms with Crippen molar-refractivity contribution in [2.24, 2.45) is 0 Å². The maximum absolute atomic E-state index is 12.5. The lowest BCUT2D eigenvalue weighted by molar-refractivity contribution is -0.111. The number of halogens is 2. The maximum Gasteiger partial charge on any atom is 0.248 e. The fourth-order valence-corrected chi connectivity index (χ4v) is 3.81. The highest BCUT2D eigenvalue weighted by molar-refractivity contribution is 9.10. The summed E-state index contributed by atoms with van der Waals surface area (Å²) in [5.74, 6) is 1.50. The third kappa shape index (κ3) is 7.01. The highest BCUT2D eigenvalue weighted by Gasteiger charge is 2.13. The summed E-state index contributed by atoms with van der Waals surface area (Å²) >= 11 is 9.79. The Bertz CT molecular complexity index is 1130. The molecule has 0 bridgehead atoms. The number of hydrogen-bond acceptors (Lipinski definition) is 4. The van der Waals surface area contributed by atoms with Crippen molar-refractivity contribution in [3.05, 3.63) is 87.4 Å². The van der Waals surface area contributed by atoms with Crippen LogP contribution >= 0.6 is 27.5 Å². The van der Waals surface area contributed by atoms with E-state index in [1.54, 1.807) is 12.1 Å². The van der Waals surface area contributed by atoms with Gasteiger partial charge in [-0.15, -0.1) is 0 Å². The molecule has 0 spiro atoms. The molecule has 0 aliphatic rings. The van der Waals surface area contributed by atoms with Gasteiger partial charge in [0.15, 0.2) is 11.5 Å². The van der Waals surface area contributed by atoms with Crippen LogP contribution in [0.25, 0.3) is 6.08 Å². The Balaban J connectivity index is 1.75. The summed E-state index contributed by atoms with van der Waals surface area (Å²) < 4.78 is 18.1. The number of carbonyl (C=O) groups excluding carboxylic acids is 1. The smallest absolute Gasteiger partial charge is 0.248 e. The predicted molar refractivity (Wildman–Crippen MR) is 136 cm³/mol. The van der Waals surface area contributed by atoms with Gasteiger partial charge in [-0.05, 0) is 71.7 Å². The average Bonchev–Trinajstić information content (AvgIpc) is 2.80. The van der Waals surface area contributed by atoms with Gasteiger partial charge in [0.2, 0.25) is 5.91 Å². The lowest BCUT2D eigenvalue weighted by Gasteiger charge is -2.15. The molecule has 3 aromatic carbocycles. The Morgan fingerprint density at radius 2 is 1.67 bits per heavy atom. The first-order valence-corrected chi connectivity index (χ1v) is 11.7. The number of anilines is 1. The van der Waals surface area contributed by atoms with E-state index in [1.165, 1.54) is 6.08 Å². The van der Waals surface area contributed by atoms with Crippen molar-refractivity contribution >= 4 is 45.2 Å². The van der Waals surface area contributed by atoms with E-state index in [9.17, 15) is 4.79 Å². The topological polar surface area (TPSA) is 56.8 Å². The summed E-state index contributed by atoms with van der Waals surface area (Å²) in [6.45, 7) is 5.08. The molecular weight excluding hydrogens is 506 g/mol. The monoisotopic (exact) mass is 529 g/mol.